The average Bonchev–Trinajstić information content (AvgIpc) is 2.69. The van der Waals surface area contributed by atoms with Crippen LogP contribution in [0.1, 0.15) is 42.5 Å². The molecule has 3 atom stereocenters. The highest BCUT2D eigenvalue weighted by Gasteiger charge is 2.52. The fraction of sp³-hybridized carbons (Fsp3) is 0.409. The Morgan fingerprint density at radius 2 is 1.69 bits per heavy atom. The highest BCUT2D eigenvalue weighted by molar-refractivity contribution is 5.94. The fourth-order valence-electron chi connectivity index (χ4n) is 4.59. The van der Waals surface area contributed by atoms with Crippen LogP contribution in [0.3, 0.4) is 0 Å². The topological polar surface area (TPSA) is 52.6 Å². The molecule has 26 heavy (non-hydrogen) atoms. The van der Waals surface area contributed by atoms with Crippen molar-refractivity contribution in [1.29, 1.82) is 0 Å². The van der Waals surface area contributed by atoms with Crippen LogP contribution in [0.15, 0.2) is 60.7 Å². The second kappa shape index (κ2) is 7.12. The summed E-state index contributed by atoms with van der Waals surface area (Å²) in [5.41, 5.74) is 0.851. The number of nitrogens with one attached hydrogen (secondary N) is 1. The molecule has 0 spiro atoms. The van der Waals surface area contributed by atoms with Gasteiger partial charge in [0.25, 0.3) is 5.91 Å². The third-order valence-electron chi connectivity index (χ3n) is 5.92. The van der Waals surface area contributed by atoms with E-state index in [1.165, 1.54) is 0 Å². The van der Waals surface area contributed by atoms with Gasteiger partial charge in [0, 0.05) is 17.8 Å². The minimum absolute atomic E-state index is 0.0324. The van der Waals surface area contributed by atoms with Gasteiger partial charge in [-0.25, -0.2) is 0 Å². The number of amides is 1. The molecule has 0 aromatic heterocycles. The number of fused-ring (bicyclic) bond motifs is 1. The number of piperidine rings is 1. The summed E-state index contributed by atoms with van der Waals surface area (Å²) in [6, 6.07) is 19.3. The van der Waals surface area contributed by atoms with E-state index in [1.54, 1.807) is 0 Å². The van der Waals surface area contributed by atoms with Crippen LogP contribution in [0, 0.1) is 0 Å². The molecule has 0 radical (unpaired) electrons. The first-order chi connectivity index (χ1) is 12.7. The Labute approximate surface area is 154 Å². The Bertz CT molecular complexity index is 749. The first-order valence-electron chi connectivity index (χ1n) is 9.58. The second-order valence-electron chi connectivity index (χ2n) is 7.47. The lowest BCUT2D eigenvalue weighted by Gasteiger charge is -2.54. The molecular formula is C22H26N2O2. The Hall–Kier alpha value is -2.33. The summed E-state index contributed by atoms with van der Waals surface area (Å²) in [5, 5.41) is 15.2. The van der Waals surface area contributed by atoms with Gasteiger partial charge >= 0.3 is 0 Å². The maximum absolute atomic E-state index is 13.1. The van der Waals surface area contributed by atoms with Crippen LogP contribution >= 0.6 is 0 Å². The van der Waals surface area contributed by atoms with Gasteiger partial charge in [-0.15, -0.1) is 0 Å². The highest BCUT2D eigenvalue weighted by atomic mass is 16.3. The van der Waals surface area contributed by atoms with Gasteiger partial charge in [0.2, 0.25) is 0 Å². The van der Waals surface area contributed by atoms with Gasteiger partial charge in [0.05, 0.1) is 12.1 Å². The van der Waals surface area contributed by atoms with Gasteiger partial charge < -0.3 is 15.3 Å². The SMILES string of the molecule is O=C(c1ccccc1)N1CCC(Nc2ccccc2)[C@@]2(O)CCCC[C@H]12. The largest absolute Gasteiger partial charge is 0.386 e. The third-order valence-corrected chi connectivity index (χ3v) is 5.92. The van der Waals surface area contributed by atoms with Gasteiger partial charge in [-0.3, -0.25) is 4.79 Å². The standard InChI is InChI=1S/C22H26N2O2/c25-21(17-9-3-1-4-10-17)24-16-14-19(23-18-11-5-2-6-12-18)22(26)15-8-7-13-20(22)24/h1-6,9-12,19-20,23,26H,7-8,13-16H2/t19?,20-,22-/m0/s1. The quantitative estimate of drug-likeness (QED) is 0.888. The van der Waals surface area contributed by atoms with E-state index in [1.807, 2.05) is 65.6 Å². The van der Waals surface area contributed by atoms with Crippen molar-refractivity contribution >= 4 is 11.6 Å². The number of para-hydroxylation sites is 1. The van der Waals surface area contributed by atoms with E-state index >= 15 is 0 Å². The minimum Gasteiger partial charge on any atom is -0.386 e. The van der Waals surface area contributed by atoms with E-state index < -0.39 is 5.60 Å². The summed E-state index contributed by atoms with van der Waals surface area (Å²) < 4.78 is 0. The molecule has 0 bridgehead atoms. The molecule has 136 valence electrons. The van der Waals surface area contributed by atoms with Crippen molar-refractivity contribution in [3.05, 3.63) is 66.2 Å². The molecule has 2 aromatic carbocycles. The zero-order valence-corrected chi connectivity index (χ0v) is 15.0. The molecule has 1 unspecified atom stereocenters. The summed E-state index contributed by atoms with van der Waals surface area (Å²) >= 11 is 0. The van der Waals surface area contributed by atoms with Crippen LogP contribution in [-0.4, -0.2) is 40.1 Å². The molecule has 1 aliphatic heterocycles. The molecule has 2 aromatic rings. The lowest BCUT2D eigenvalue weighted by Crippen LogP contribution is -2.67. The number of hydrogen-bond acceptors (Lipinski definition) is 3. The summed E-state index contributed by atoms with van der Waals surface area (Å²) in [4.78, 5) is 15.0. The molecule has 4 nitrogen and oxygen atoms in total. The number of carbonyl (C=O) groups is 1. The average molecular weight is 350 g/mol. The van der Waals surface area contributed by atoms with Crippen molar-refractivity contribution in [1.82, 2.24) is 4.90 Å². The van der Waals surface area contributed by atoms with E-state index in [0.717, 1.165) is 37.8 Å². The van der Waals surface area contributed by atoms with Crippen molar-refractivity contribution in [2.75, 3.05) is 11.9 Å². The molecule has 1 heterocycles. The van der Waals surface area contributed by atoms with Crippen LogP contribution < -0.4 is 5.32 Å². The third kappa shape index (κ3) is 3.10. The van der Waals surface area contributed by atoms with E-state index in [-0.39, 0.29) is 18.0 Å². The minimum atomic E-state index is -0.878. The van der Waals surface area contributed by atoms with E-state index in [2.05, 4.69) is 5.32 Å². The van der Waals surface area contributed by atoms with Crippen LogP contribution in [0.5, 0.6) is 0 Å². The van der Waals surface area contributed by atoms with Gasteiger partial charge in [0.15, 0.2) is 0 Å². The van der Waals surface area contributed by atoms with Gasteiger partial charge in [-0.05, 0) is 43.5 Å². The van der Waals surface area contributed by atoms with Crippen molar-refractivity contribution in [2.45, 2.75) is 49.8 Å². The Kier molecular flexibility index (Phi) is 4.68. The zero-order chi connectivity index (χ0) is 18.0. The fourth-order valence-corrected chi connectivity index (χ4v) is 4.59. The monoisotopic (exact) mass is 350 g/mol. The molecule has 1 saturated carbocycles. The van der Waals surface area contributed by atoms with Crippen molar-refractivity contribution in [2.24, 2.45) is 0 Å². The van der Waals surface area contributed by atoms with Gasteiger partial charge in [-0.1, -0.05) is 49.2 Å². The number of nitrogens with zero attached hydrogens (tertiary/aromatic N) is 1. The van der Waals surface area contributed by atoms with E-state index in [4.69, 9.17) is 0 Å². The maximum Gasteiger partial charge on any atom is 0.254 e. The Morgan fingerprint density at radius 1 is 1.00 bits per heavy atom. The molecular weight excluding hydrogens is 324 g/mol. The first-order valence-corrected chi connectivity index (χ1v) is 9.58. The number of anilines is 1. The number of benzene rings is 2. The zero-order valence-electron chi connectivity index (χ0n) is 15.0. The summed E-state index contributed by atoms with van der Waals surface area (Å²) in [7, 11) is 0. The predicted octanol–water partition coefficient (Wildman–Crippen LogP) is 3.69. The highest BCUT2D eigenvalue weighted by Crippen LogP contribution is 2.40. The normalized spacial score (nSPS) is 28.3. The number of carbonyl (C=O) groups excluding carboxylic acids is 1. The van der Waals surface area contributed by atoms with Crippen LogP contribution in [0.25, 0.3) is 0 Å². The van der Waals surface area contributed by atoms with Crippen molar-refractivity contribution in [3.8, 4) is 0 Å². The molecule has 1 aliphatic carbocycles. The van der Waals surface area contributed by atoms with E-state index in [0.29, 0.717) is 12.1 Å². The van der Waals surface area contributed by atoms with Gasteiger partial charge in [0.1, 0.15) is 5.60 Å². The molecule has 4 rings (SSSR count). The lowest BCUT2D eigenvalue weighted by molar-refractivity contribution is -0.0994. The Morgan fingerprint density at radius 3 is 2.42 bits per heavy atom. The molecule has 1 saturated heterocycles. The summed E-state index contributed by atoms with van der Waals surface area (Å²) in [6.45, 7) is 0.672. The van der Waals surface area contributed by atoms with Crippen molar-refractivity contribution in [3.63, 3.8) is 0 Å². The molecule has 2 N–H and O–H groups in total. The predicted molar refractivity (Wildman–Crippen MR) is 103 cm³/mol. The lowest BCUT2D eigenvalue weighted by atomic mass is 9.71. The summed E-state index contributed by atoms with van der Waals surface area (Å²) in [5.74, 6) is 0.0362. The maximum atomic E-state index is 13.1. The van der Waals surface area contributed by atoms with E-state index in [9.17, 15) is 9.90 Å². The molecule has 2 aliphatic rings. The van der Waals surface area contributed by atoms with Crippen LogP contribution in [0.4, 0.5) is 5.69 Å². The summed E-state index contributed by atoms with van der Waals surface area (Å²) in [6.07, 6.45) is 4.42. The number of likely N-dealkylation sites (tertiary alicyclic amines) is 1. The molecule has 2 fully saturated rings. The smallest absolute Gasteiger partial charge is 0.254 e. The number of aliphatic hydroxyl groups is 1. The molecule has 1 amide bonds. The van der Waals surface area contributed by atoms with Crippen LogP contribution in [-0.2, 0) is 0 Å². The number of hydrogen-bond donors (Lipinski definition) is 2. The Balaban J connectivity index is 1.59. The number of rotatable bonds is 3. The second-order valence-corrected chi connectivity index (χ2v) is 7.47. The van der Waals surface area contributed by atoms with Gasteiger partial charge in [-0.2, -0.15) is 0 Å². The molecule has 4 heteroatoms. The van der Waals surface area contributed by atoms with Crippen LogP contribution in [0.2, 0.25) is 0 Å². The first kappa shape index (κ1) is 17.1. The van der Waals surface area contributed by atoms with Crippen molar-refractivity contribution < 1.29 is 9.90 Å².